The van der Waals surface area contributed by atoms with Crippen molar-refractivity contribution >= 4 is 22.9 Å². The third-order valence-electron chi connectivity index (χ3n) is 3.79. The van der Waals surface area contributed by atoms with Gasteiger partial charge in [0.25, 0.3) is 0 Å². The second-order valence-electron chi connectivity index (χ2n) is 5.23. The molecule has 1 N–H and O–H groups in total. The molecule has 2 aromatic heterocycles. The molecule has 1 unspecified atom stereocenters. The van der Waals surface area contributed by atoms with Crippen molar-refractivity contribution in [1.29, 1.82) is 0 Å². The van der Waals surface area contributed by atoms with Gasteiger partial charge in [0.1, 0.15) is 16.5 Å². The Morgan fingerprint density at radius 3 is 3.05 bits per heavy atom. The monoisotopic (exact) mass is 331 g/mol. The van der Waals surface area contributed by atoms with Crippen LogP contribution >= 0.6 is 22.9 Å². The highest BCUT2D eigenvalue weighted by molar-refractivity contribution is 7.13. The molecule has 0 bridgehead atoms. The Hall–Kier alpha value is -1.76. The van der Waals surface area contributed by atoms with E-state index in [1.165, 1.54) is 0 Å². The van der Waals surface area contributed by atoms with Crippen LogP contribution in [0, 0.1) is 0 Å². The molecule has 0 fully saturated rings. The SMILES string of the molecule is CC1NCCn2c(-c3csc(-c4ccccc4Cl)n3)nnc21. The Morgan fingerprint density at radius 2 is 2.18 bits per heavy atom. The summed E-state index contributed by atoms with van der Waals surface area (Å²) in [4.78, 5) is 4.71. The van der Waals surface area contributed by atoms with Gasteiger partial charge in [-0.2, -0.15) is 0 Å². The van der Waals surface area contributed by atoms with E-state index in [1.807, 2.05) is 29.6 Å². The lowest BCUT2D eigenvalue weighted by molar-refractivity contribution is 0.439. The molecule has 0 spiro atoms. The fraction of sp³-hybridized carbons (Fsp3) is 0.267. The van der Waals surface area contributed by atoms with Gasteiger partial charge in [-0.05, 0) is 13.0 Å². The minimum absolute atomic E-state index is 0.219. The van der Waals surface area contributed by atoms with E-state index in [4.69, 9.17) is 16.6 Å². The molecule has 4 rings (SSSR count). The van der Waals surface area contributed by atoms with Gasteiger partial charge in [-0.15, -0.1) is 21.5 Å². The van der Waals surface area contributed by atoms with Crippen molar-refractivity contribution in [3.63, 3.8) is 0 Å². The van der Waals surface area contributed by atoms with Gasteiger partial charge >= 0.3 is 0 Å². The molecule has 1 aromatic carbocycles. The van der Waals surface area contributed by atoms with E-state index in [0.717, 1.165) is 41.0 Å². The molecule has 1 atom stereocenters. The average Bonchev–Trinajstić information content (AvgIpc) is 3.14. The van der Waals surface area contributed by atoms with Crippen LogP contribution in [-0.4, -0.2) is 26.3 Å². The largest absolute Gasteiger partial charge is 0.307 e. The molecule has 0 saturated carbocycles. The number of hydrogen-bond acceptors (Lipinski definition) is 5. The van der Waals surface area contributed by atoms with Crippen molar-refractivity contribution in [1.82, 2.24) is 25.1 Å². The van der Waals surface area contributed by atoms with Crippen LogP contribution in [0.1, 0.15) is 18.8 Å². The molecule has 7 heteroatoms. The van der Waals surface area contributed by atoms with Gasteiger partial charge in [-0.1, -0.05) is 29.8 Å². The highest BCUT2D eigenvalue weighted by atomic mass is 35.5. The second kappa shape index (κ2) is 5.46. The number of hydrogen-bond donors (Lipinski definition) is 1. The Morgan fingerprint density at radius 1 is 1.32 bits per heavy atom. The van der Waals surface area contributed by atoms with Crippen LogP contribution < -0.4 is 5.32 Å². The molecule has 0 amide bonds. The molecule has 5 nitrogen and oxygen atoms in total. The Balaban J connectivity index is 1.75. The number of benzene rings is 1. The van der Waals surface area contributed by atoms with Crippen molar-refractivity contribution in [2.24, 2.45) is 0 Å². The van der Waals surface area contributed by atoms with E-state index >= 15 is 0 Å². The number of fused-ring (bicyclic) bond motifs is 1. The first kappa shape index (κ1) is 13.9. The maximum atomic E-state index is 6.25. The van der Waals surface area contributed by atoms with Gasteiger partial charge in [0.05, 0.1) is 11.1 Å². The Bertz CT molecular complexity index is 825. The van der Waals surface area contributed by atoms with Crippen molar-refractivity contribution in [3.05, 3.63) is 40.5 Å². The van der Waals surface area contributed by atoms with Gasteiger partial charge in [-0.25, -0.2) is 4.98 Å². The first-order valence-electron chi connectivity index (χ1n) is 7.11. The molecule has 0 saturated heterocycles. The van der Waals surface area contributed by atoms with Gasteiger partial charge in [0, 0.05) is 24.0 Å². The third-order valence-corrected chi connectivity index (χ3v) is 5.00. The molecule has 1 aliphatic heterocycles. The molecule has 22 heavy (non-hydrogen) atoms. The topological polar surface area (TPSA) is 55.6 Å². The van der Waals surface area contributed by atoms with E-state index in [2.05, 4.69) is 27.0 Å². The highest BCUT2D eigenvalue weighted by Gasteiger charge is 2.23. The summed E-state index contributed by atoms with van der Waals surface area (Å²) in [6.45, 7) is 3.88. The molecule has 3 aromatic rings. The summed E-state index contributed by atoms with van der Waals surface area (Å²) in [6, 6.07) is 7.97. The van der Waals surface area contributed by atoms with Gasteiger partial charge in [0.2, 0.25) is 0 Å². The summed E-state index contributed by atoms with van der Waals surface area (Å²) in [5.41, 5.74) is 1.81. The molecule has 112 valence electrons. The molecular weight excluding hydrogens is 318 g/mol. The van der Waals surface area contributed by atoms with E-state index in [-0.39, 0.29) is 6.04 Å². The van der Waals surface area contributed by atoms with Crippen molar-refractivity contribution in [3.8, 4) is 22.1 Å². The van der Waals surface area contributed by atoms with Gasteiger partial charge in [0.15, 0.2) is 5.82 Å². The van der Waals surface area contributed by atoms with Crippen molar-refractivity contribution < 1.29 is 0 Å². The first-order valence-corrected chi connectivity index (χ1v) is 8.37. The fourth-order valence-electron chi connectivity index (χ4n) is 2.66. The average molecular weight is 332 g/mol. The lowest BCUT2D eigenvalue weighted by Crippen LogP contribution is -2.32. The summed E-state index contributed by atoms with van der Waals surface area (Å²) in [6.07, 6.45) is 0. The standard InChI is InChI=1S/C15H14ClN5S/c1-9-13-19-20-14(21(13)7-6-17-9)12-8-22-15(18-12)10-4-2-3-5-11(10)16/h2-5,8-9,17H,6-7H2,1H3. The van der Waals surface area contributed by atoms with Crippen LogP contribution in [0.5, 0.6) is 0 Å². The number of aromatic nitrogens is 4. The number of rotatable bonds is 2. The van der Waals surface area contributed by atoms with E-state index < -0.39 is 0 Å². The van der Waals surface area contributed by atoms with Crippen molar-refractivity contribution in [2.45, 2.75) is 19.5 Å². The Labute approximate surface area is 137 Å². The zero-order chi connectivity index (χ0) is 15.1. The van der Waals surface area contributed by atoms with Crippen LogP contribution in [0.15, 0.2) is 29.6 Å². The number of nitrogens with zero attached hydrogens (tertiary/aromatic N) is 4. The zero-order valence-corrected chi connectivity index (χ0v) is 13.5. The molecular formula is C15H14ClN5S. The lowest BCUT2D eigenvalue weighted by atomic mass is 10.2. The first-order chi connectivity index (χ1) is 10.7. The molecule has 1 aliphatic rings. The van der Waals surface area contributed by atoms with Crippen LogP contribution in [0.25, 0.3) is 22.1 Å². The fourth-order valence-corrected chi connectivity index (χ4v) is 3.78. The van der Waals surface area contributed by atoms with Crippen LogP contribution in [-0.2, 0) is 6.54 Å². The smallest absolute Gasteiger partial charge is 0.183 e. The molecule has 0 radical (unpaired) electrons. The lowest BCUT2D eigenvalue weighted by Gasteiger charge is -2.21. The predicted molar refractivity (Wildman–Crippen MR) is 88.0 cm³/mol. The number of nitrogens with one attached hydrogen (secondary N) is 1. The number of halogens is 1. The zero-order valence-electron chi connectivity index (χ0n) is 12.0. The summed E-state index contributed by atoms with van der Waals surface area (Å²) < 4.78 is 2.15. The minimum atomic E-state index is 0.219. The summed E-state index contributed by atoms with van der Waals surface area (Å²) in [5, 5.41) is 15.6. The quantitative estimate of drug-likeness (QED) is 0.782. The number of thiazole rings is 1. The summed E-state index contributed by atoms with van der Waals surface area (Å²) in [5.74, 6) is 1.80. The van der Waals surface area contributed by atoms with E-state index in [1.54, 1.807) is 11.3 Å². The second-order valence-corrected chi connectivity index (χ2v) is 6.49. The highest BCUT2D eigenvalue weighted by Crippen LogP contribution is 2.33. The minimum Gasteiger partial charge on any atom is -0.307 e. The van der Waals surface area contributed by atoms with Crippen LogP contribution in [0.2, 0.25) is 5.02 Å². The van der Waals surface area contributed by atoms with Crippen LogP contribution in [0.3, 0.4) is 0 Å². The van der Waals surface area contributed by atoms with E-state index in [9.17, 15) is 0 Å². The van der Waals surface area contributed by atoms with Gasteiger partial charge in [-0.3, -0.25) is 0 Å². The molecule has 0 aliphatic carbocycles. The molecule has 3 heterocycles. The summed E-state index contributed by atoms with van der Waals surface area (Å²) in [7, 11) is 0. The Kier molecular flexibility index (Phi) is 3.44. The predicted octanol–water partition coefficient (Wildman–Crippen LogP) is 3.39. The maximum Gasteiger partial charge on any atom is 0.183 e. The van der Waals surface area contributed by atoms with E-state index in [0.29, 0.717) is 5.02 Å². The third kappa shape index (κ3) is 2.24. The summed E-state index contributed by atoms with van der Waals surface area (Å²) >= 11 is 7.83. The van der Waals surface area contributed by atoms with Gasteiger partial charge < -0.3 is 9.88 Å². The van der Waals surface area contributed by atoms with Crippen LogP contribution in [0.4, 0.5) is 0 Å². The maximum absolute atomic E-state index is 6.25. The normalized spacial score (nSPS) is 17.5. The van der Waals surface area contributed by atoms with Crippen molar-refractivity contribution in [2.75, 3.05) is 6.54 Å².